The van der Waals surface area contributed by atoms with Gasteiger partial charge in [-0.1, -0.05) is 49.6 Å². The maximum atomic E-state index is 6.66. The summed E-state index contributed by atoms with van der Waals surface area (Å²) in [5.41, 5.74) is 11.1. The monoisotopic (exact) mass is 265 g/mol. The molecular weight excluding hydrogens is 242 g/mol. The molecule has 1 saturated carbocycles. The third kappa shape index (κ3) is 1.88. The summed E-state index contributed by atoms with van der Waals surface area (Å²) in [6.07, 6.45) is 9.14. The molecule has 0 aromatic heterocycles. The average Bonchev–Trinajstić information content (AvgIpc) is 2.93. The first kappa shape index (κ1) is 12.4. The van der Waals surface area contributed by atoms with Crippen molar-refractivity contribution in [3.05, 3.63) is 47.0 Å². The lowest BCUT2D eigenvalue weighted by Crippen LogP contribution is -2.23. The van der Waals surface area contributed by atoms with Crippen LogP contribution in [0, 0.1) is 5.92 Å². The van der Waals surface area contributed by atoms with Gasteiger partial charge in [0.05, 0.1) is 0 Å². The number of aryl methyl sites for hydroxylation is 2. The first-order chi connectivity index (χ1) is 9.84. The van der Waals surface area contributed by atoms with Gasteiger partial charge in [0.1, 0.15) is 0 Å². The van der Waals surface area contributed by atoms with E-state index in [0.717, 1.165) is 0 Å². The number of rotatable bonds is 2. The van der Waals surface area contributed by atoms with E-state index < -0.39 is 0 Å². The Bertz CT molecular complexity index is 627. The number of nitrogens with two attached hydrogens (primary N) is 1. The van der Waals surface area contributed by atoms with E-state index in [9.17, 15) is 0 Å². The fraction of sp³-hybridized carbons (Fsp3) is 0.474. The highest BCUT2D eigenvalue weighted by molar-refractivity contribution is 5.93. The quantitative estimate of drug-likeness (QED) is 0.849. The fourth-order valence-electron chi connectivity index (χ4n) is 4.31. The lowest BCUT2D eigenvalue weighted by Gasteiger charge is -2.28. The number of hydrogen-bond donors (Lipinski definition) is 1. The third-order valence-electron chi connectivity index (χ3n) is 5.43. The number of hydrogen-bond acceptors (Lipinski definition) is 1. The van der Waals surface area contributed by atoms with Gasteiger partial charge in [0.2, 0.25) is 0 Å². The highest BCUT2D eigenvalue weighted by Crippen LogP contribution is 2.39. The Morgan fingerprint density at radius 3 is 2.45 bits per heavy atom. The van der Waals surface area contributed by atoms with Crippen molar-refractivity contribution in [2.24, 2.45) is 11.7 Å². The van der Waals surface area contributed by atoms with Crippen molar-refractivity contribution in [1.29, 1.82) is 0 Å². The Hall–Kier alpha value is -1.34. The molecule has 2 aliphatic carbocycles. The lowest BCUT2D eigenvalue weighted by atomic mass is 9.80. The van der Waals surface area contributed by atoms with E-state index in [1.165, 1.54) is 72.4 Å². The lowest BCUT2D eigenvalue weighted by molar-refractivity contribution is 0.309. The van der Waals surface area contributed by atoms with Gasteiger partial charge in [-0.3, -0.25) is 0 Å². The summed E-state index contributed by atoms with van der Waals surface area (Å²) in [6.45, 7) is 0. The standard InChI is InChI=1S/C19H23N/c20-19(15-5-2-1-3-6-15)17-12-11-14-10-9-13-7-4-8-16(17)18(13)14/h4,7-8,11-12,15,19H,1-3,5-6,9-10,20H2. The molecule has 0 bridgehead atoms. The van der Waals surface area contributed by atoms with Crippen molar-refractivity contribution >= 4 is 10.8 Å². The van der Waals surface area contributed by atoms with E-state index in [1.54, 1.807) is 0 Å². The van der Waals surface area contributed by atoms with Gasteiger partial charge in [-0.15, -0.1) is 0 Å². The summed E-state index contributed by atoms with van der Waals surface area (Å²) < 4.78 is 0. The minimum Gasteiger partial charge on any atom is -0.324 e. The molecule has 0 amide bonds. The summed E-state index contributed by atoms with van der Waals surface area (Å²) in [5, 5.41) is 2.94. The van der Waals surface area contributed by atoms with Gasteiger partial charge in [0.25, 0.3) is 0 Å². The van der Waals surface area contributed by atoms with Crippen LogP contribution in [0.25, 0.3) is 10.8 Å². The highest BCUT2D eigenvalue weighted by atomic mass is 14.7. The van der Waals surface area contributed by atoms with Gasteiger partial charge in [-0.2, -0.15) is 0 Å². The zero-order valence-electron chi connectivity index (χ0n) is 12.1. The summed E-state index contributed by atoms with van der Waals surface area (Å²) in [7, 11) is 0. The van der Waals surface area contributed by atoms with Crippen LogP contribution >= 0.6 is 0 Å². The van der Waals surface area contributed by atoms with E-state index in [0.29, 0.717) is 5.92 Å². The van der Waals surface area contributed by atoms with Crippen LogP contribution < -0.4 is 5.73 Å². The summed E-state index contributed by atoms with van der Waals surface area (Å²) >= 11 is 0. The molecule has 1 atom stereocenters. The van der Waals surface area contributed by atoms with Crippen LogP contribution in [-0.2, 0) is 12.8 Å². The van der Waals surface area contributed by atoms with Gasteiger partial charge < -0.3 is 5.73 Å². The second-order valence-corrected chi connectivity index (χ2v) is 6.58. The van der Waals surface area contributed by atoms with Crippen molar-refractivity contribution in [1.82, 2.24) is 0 Å². The van der Waals surface area contributed by atoms with Gasteiger partial charge in [0, 0.05) is 6.04 Å². The van der Waals surface area contributed by atoms with Gasteiger partial charge >= 0.3 is 0 Å². The number of benzene rings is 2. The minimum atomic E-state index is 0.222. The van der Waals surface area contributed by atoms with Crippen molar-refractivity contribution in [2.45, 2.75) is 51.0 Å². The van der Waals surface area contributed by atoms with Crippen LogP contribution in [0.1, 0.15) is 54.8 Å². The maximum absolute atomic E-state index is 6.66. The molecule has 2 aliphatic rings. The van der Waals surface area contributed by atoms with Gasteiger partial charge in [-0.05, 0) is 59.1 Å². The predicted octanol–water partition coefficient (Wildman–Crippen LogP) is 4.52. The molecule has 1 heteroatoms. The molecule has 0 heterocycles. The molecule has 2 N–H and O–H groups in total. The minimum absolute atomic E-state index is 0.222. The molecule has 2 aromatic rings. The van der Waals surface area contributed by atoms with Crippen LogP contribution in [0.15, 0.2) is 30.3 Å². The summed E-state index contributed by atoms with van der Waals surface area (Å²) in [5.74, 6) is 0.683. The first-order valence-corrected chi connectivity index (χ1v) is 8.13. The van der Waals surface area contributed by atoms with Crippen LogP contribution in [-0.4, -0.2) is 0 Å². The molecule has 104 valence electrons. The van der Waals surface area contributed by atoms with Gasteiger partial charge in [-0.25, -0.2) is 0 Å². The van der Waals surface area contributed by atoms with Crippen molar-refractivity contribution in [2.75, 3.05) is 0 Å². The Morgan fingerprint density at radius 2 is 1.65 bits per heavy atom. The van der Waals surface area contributed by atoms with Crippen LogP contribution in [0.4, 0.5) is 0 Å². The Balaban J connectivity index is 1.80. The second kappa shape index (κ2) is 4.89. The van der Waals surface area contributed by atoms with E-state index in [1.807, 2.05) is 0 Å². The van der Waals surface area contributed by atoms with E-state index in [-0.39, 0.29) is 6.04 Å². The van der Waals surface area contributed by atoms with Crippen molar-refractivity contribution in [3.8, 4) is 0 Å². The van der Waals surface area contributed by atoms with Crippen LogP contribution in [0.5, 0.6) is 0 Å². The topological polar surface area (TPSA) is 26.0 Å². The molecule has 20 heavy (non-hydrogen) atoms. The Kier molecular flexibility index (Phi) is 3.03. The molecule has 0 aliphatic heterocycles. The third-order valence-corrected chi connectivity index (χ3v) is 5.43. The zero-order chi connectivity index (χ0) is 13.5. The highest BCUT2D eigenvalue weighted by Gasteiger charge is 2.25. The molecule has 0 spiro atoms. The van der Waals surface area contributed by atoms with E-state index in [2.05, 4.69) is 30.3 Å². The average molecular weight is 265 g/mol. The molecule has 1 fully saturated rings. The second-order valence-electron chi connectivity index (χ2n) is 6.58. The molecular formula is C19H23N. The predicted molar refractivity (Wildman–Crippen MR) is 84.9 cm³/mol. The largest absolute Gasteiger partial charge is 0.324 e. The molecule has 1 nitrogen and oxygen atoms in total. The molecule has 2 aromatic carbocycles. The molecule has 0 saturated heterocycles. The van der Waals surface area contributed by atoms with Crippen LogP contribution in [0.3, 0.4) is 0 Å². The van der Waals surface area contributed by atoms with E-state index >= 15 is 0 Å². The zero-order valence-corrected chi connectivity index (χ0v) is 12.1. The molecule has 0 radical (unpaired) electrons. The van der Waals surface area contributed by atoms with Gasteiger partial charge in [0.15, 0.2) is 0 Å². The van der Waals surface area contributed by atoms with Crippen LogP contribution in [0.2, 0.25) is 0 Å². The summed E-state index contributed by atoms with van der Waals surface area (Å²) in [4.78, 5) is 0. The van der Waals surface area contributed by atoms with Crippen molar-refractivity contribution < 1.29 is 0 Å². The smallest absolute Gasteiger partial charge is 0.0329 e. The summed E-state index contributed by atoms with van der Waals surface area (Å²) in [6, 6.07) is 11.6. The first-order valence-electron chi connectivity index (χ1n) is 8.13. The Morgan fingerprint density at radius 1 is 0.900 bits per heavy atom. The van der Waals surface area contributed by atoms with E-state index in [4.69, 9.17) is 5.73 Å². The maximum Gasteiger partial charge on any atom is 0.0329 e. The van der Waals surface area contributed by atoms with Crippen molar-refractivity contribution in [3.63, 3.8) is 0 Å². The molecule has 4 rings (SSSR count). The Labute approximate surface area is 121 Å². The SMILES string of the molecule is NC(c1ccc2c3c(cccc13)CC2)C1CCCCC1. The normalized spacial score (nSPS) is 20.4. The molecule has 1 unspecified atom stereocenters. The fourth-order valence-corrected chi connectivity index (χ4v) is 4.31.